The van der Waals surface area contributed by atoms with E-state index in [2.05, 4.69) is 5.10 Å². The molecule has 0 amide bonds. The molecule has 6 nitrogen and oxygen atoms in total. The number of halogens is 1. The maximum Gasteiger partial charge on any atom is 0.362 e. The van der Waals surface area contributed by atoms with Crippen molar-refractivity contribution in [3.05, 3.63) is 41.5 Å². The molecule has 2 rings (SSSR count). The zero-order valence-electron chi connectivity index (χ0n) is 12.9. The highest BCUT2D eigenvalue weighted by molar-refractivity contribution is 5.90. The maximum atomic E-state index is 13.4. The average Bonchev–Trinajstić information content (AvgIpc) is 2.92. The van der Waals surface area contributed by atoms with Crippen molar-refractivity contribution in [2.24, 2.45) is 0 Å². The van der Waals surface area contributed by atoms with Gasteiger partial charge < -0.3 is 14.3 Å². The fraction of sp³-hybridized carbons (Fsp3) is 0.312. The van der Waals surface area contributed by atoms with Gasteiger partial charge >= 0.3 is 5.97 Å². The first-order valence-corrected chi connectivity index (χ1v) is 7.22. The molecule has 0 aliphatic rings. The van der Waals surface area contributed by atoms with Crippen LogP contribution in [0.15, 0.2) is 24.4 Å². The lowest BCUT2D eigenvalue weighted by Crippen LogP contribution is -2.09. The third kappa shape index (κ3) is 3.74. The SMILES string of the molecule is CCOC(=O)c1nn(-c2ccc(F)cc2CC=O)cc1OCC. The van der Waals surface area contributed by atoms with Gasteiger partial charge in [-0.15, -0.1) is 0 Å². The Balaban J connectivity index is 2.49. The van der Waals surface area contributed by atoms with Crippen LogP contribution in [-0.4, -0.2) is 35.2 Å². The van der Waals surface area contributed by atoms with Crippen molar-refractivity contribution in [2.75, 3.05) is 13.2 Å². The molecule has 0 aliphatic carbocycles. The van der Waals surface area contributed by atoms with Gasteiger partial charge in [0.05, 0.1) is 25.1 Å². The van der Waals surface area contributed by atoms with E-state index in [1.54, 1.807) is 13.8 Å². The number of ether oxygens (including phenoxy) is 2. The molecular weight excluding hydrogens is 303 g/mol. The third-order valence-corrected chi connectivity index (χ3v) is 3.04. The zero-order chi connectivity index (χ0) is 16.8. The van der Waals surface area contributed by atoms with Gasteiger partial charge in [0.25, 0.3) is 0 Å². The van der Waals surface area contributed by atoms with Crippen LogP contribution in [0.1, 0.15) is 29.9 Å². The smallest absolute Gasteiger partial charge is 0.362 e. The average molecular weight is 320 g/mol. The molecule has 0 N–H and O–H groups in total. The predicted molar refractivity (Wildman–Crippen MR) is 80.4 cm³/mol. The molecule has 2 aromatic rings. The Morgan fingerprint density at radius 1 is 1.35 bits per heavy atom. The number of esters is 1. The summed E-state index contributed by atoms with van der Waals surface area (Å²) in [5, 5.41) is 4.17. The molecular formula is C16H17FN2O4. The Morgan fingerprint density at radius 3 is 2.78 bits per heavy atom. The molecule has 0 aliphatic heterocycles. The minimum atomic E-state index is -0.603. The van der Waals surface area contributed by atoms with Crippen LogP contribution < -0.4 is 4.74 Å². The van der Waals surface area contributed by atoms with Gasteiger partial charge in [0, 0.05) is 6.42 Å². The van der Waals surface area contributed by atoms with E-state index in [4.69, 9.17) is 9.47 Å². The largest absolute Gasteiger partial charge is 0.490 e. The van der Waals surface area contributed by atoms with Crippen molar-refractivity contribution >= 4 is 12.3 Å². The fourth-order valence-electron chi connectivity index (χ4n) is 2.11. The number of carbonyl (C=O) groups excluding carboxylic acids is 2. The topological polar surface area (TPSA) is 70.4 Å². The van der Waals surface area contributed by atoms with E-state index in [0.29, 0.717) is 24.1 Å². The summed E-state index contributed by atoms with van der Waals surface area (Å²) in [4.78, 5) is 22.7. The summed E-state index contributed by atoms with van der Waals surface area (Å²) in [6.07, 6.45) is 2.22. The molecule has 122 valence electrons. The summed E-state index contributed by atoms with van der Waals surface area (Å²) in [6, 6.07) is 4.01. The molecule has 0 saturated carbocycles. The predicted octanol–water partition coefficient (Wildman–Crippen LogP) is 2.33. The molecule has 0 spiro atoms. The highest BCUT2D eigenvalue weighted by atomic mass is 19.1. The van der Waals surface area contributed by atoms with Crippen LogP contribution in [0.25, 0.3) is 5.69 Å². The molecule has 0 unspecified atom stereocenters. The molecule has 1 aromatic heterocycles. The van der Waals surface area contributed by atoms with Crippen LogP contribution in [-0.2, 0) is 16.0 Å². The van der Waals surface area contributed by atoms with Gasteiger partial charge in [-0.25, -0.2) is 13.9 Å². The standard InChI is InChI=1S/C16H17FN2O4/c1-3-22-14-10-19(18-15(14)16(21)23-4-2)13-6-5-12(17)9-11(13)7-8-20/h5-6,8-10H,3-4,7H2,1-2H3. The first kappa shape index (κ1) is 16.7. The van der Waals surface area contributed by atoms with Crippen LogP contribution in [0.4, 0.5) is 4.39 Å². The number of hydrogen-bond donors (Lipinski definition) is 0. The highest BCUT2D eigenvalue weighted by Gasteiger charge is 2.21. The first-order chi connectivity index (χ1) is 11.1. The zero-order valence-corrected chi connectivity index (χ0v) is 12.9. The van der Waals surface area contributed by atoms with Crippen LogP contribution in [0, 0.1) is 5.82 Å². The number of hydrogen-bond acceptors (Lipinski definition) is 5. The van der Waals surface area contributed by atoms with E-state index in [9.17, 15) is 14.0 Å². The molecule has 0 fully saturated rings. The lowest BCUT2D eigenvalue weighted by Gasteiger charge is -2.07. The Morgan fingerprint density at radius 2 is 2.13 bits per heavy atom. The van der Waals surface area contributed by atoms with Crippen LogP contribution in [0.3, 0.4) is 0 Å². The summed E-state index contributed by atoms with van der Waals surface area (Å²) in [7, 11) is 0. The number of aldehydes is 1. The van der Waals surface area contributed by atoms with Crippen molar-refractivity contribution in [1.82, 2.24) is 9.78 Å². The van der Waals surface area contributed by atoms with Gasteiger partial charge in [0.15, 0.2) is 5.75 Å². The van der Waals surface area contributed by atoms with Gasteiger partial charge in [-0.3, -0.25) is 0 Å². The van der Waals surface area contributed by atoms with E-state index in [1.807, 2.05) is 0 Å². The Bertz CT molecular complexity index is 712. The van der Waals surface area contributed by atoms with Gasteiger partial charge in [-0.2, -0.15) is 5.10 Å². The summed E-state index contributed by atoms with van der Waals surface area (Å²) in [6.45, 7) is 4.03. The minimum absolute atomic E-state index is 0.0334. The summed E-state index contributed by atoms with van der Waals surface area (Å²) in [5.74, 6) is -0.783. The second kappa shape index (κ2) is 7.53. The molecule has 0 radical (unpaired) electrons. The third-order valence-electron chi connectivity index (χ3n) is 3.04. The van der Waals surface area contributed by atoms with Gasteiger partial charge in [-0.1, -0.05) is 0 Å². The normalized spacial score (nSPS) is 10.4. The Labute approximate surface area is 132 Å². The van der Waals surface area contributed by atoms with E-state index >= 15 is 0 Å². The highest BCUT2D eigenvalue weighted by Crippen LogP contribution is 2.23. The lowest BCUT2D eigenvalue weighted by molar-refractivity contribution is -0.107. The molecule has 23 heavy (non-hydrogen) atoms. The lowest BCUT2D eigenvalue weighted by atomic mass is 10.1. The first-order valence-electron chi connectivity index (χ1n) is 7.22. The molecule has 7 heteroatoms. The van der Waals surface area contributed by atoms with Crippen molar-refractivity contribution < 1.29 is 23.5 Å². The van der Waals surface area contributed by atoms with Gasteiger partial charge in [0.1, 0.15) is 12.1 Å². The molecule has 0 atom stereocenters. The monoisotopic (exact) mass is 320 g/mol. The van der Waals surface area contributed by atoms with Crippen molar-refractivity contribution in [3.63, 3.8) is 0 Å². The number of benzene rings is 1. The second-order valence-electron chi connectivity index (χ2n) is 4.58. The second-order valence-corrected chi connectivity index (χ2v) is 4.58. The van der Waals surface area contributed by atoms with E-state index in [0.717, 1.165) is 0 Å². The van der Waals surface area contributed by atoms with Gasteiger partial charge in [-0.05, 0) is 37.6 Å². The van der Waals surface area contributed by atoms with E-state index in [1.165, 1.54) is 29.1 Å². The van der Waals surface area contributed by atoms with Crippen LogP contribution >= 0.6 is 0 Å². The van der Waals surface area contributed by atoms with E-state index in [-0.39, 0.29) is 24.5 Å². The van der Waals surface area contributed by atoms with E-state index < -0.39 is 11.8 Å². The molecule has 0 saturated heterocycles. The minimum Gasteiger partial charge on any atom is -0.490 e. The summed E-state index contributed by atoms with van der Waals surface area (Å²) >= 11 is 0. The van der Waals surface area contributed by atoms with Crippen LogP contribution in [0.5, 0.6) is 5.75 Å². The Hall–Kier alpha value is -2.70. The molecule has 1 heterocycles. The number of nitrogens with zero attached hydrogens (tertiary/aromatic N) is 2. The number of rotatable bonds is 7. The number of carbonyl (C=O) groups is 2. The number of aromatic nitrogens is 2. The maximum absolute atomic E-state index is 13.4. The quantitative estimate of drug-likeness (QED) is 0.578. The Kier molecular flexibility index (Phi) is 5.46. The van der Waals surface area contributed by atoms with Gasteiger partial charge in [0.2, 0.25) is 5.69 Å². The van der Waals surface area contributed by atoms with Crippen LogP contribution in [0.2, 0.25) is 0 Å². The van der Waals surface area contributed by atoms with Crippen molar-refractivity contribution in [2.45, 2.75) is 20.3 Å². The van der Waals surface area contributed by atoms with Crippen molar-refractivity contribution in [3.8, 4) is 11.4 Å². The molecule has 0 bridgehead atoms. The summed E-state index contributed by atoms with van der Waals surface area (Å²) < 4.78 is 25.1. The van der Waals surface area contributed by atoms with Crippen molar-refractivity contribution in [1.29, 1.82) is 0 Å². The summed E-state index contributed by atoms with van der Waals surface area (Å²) in [5.41, 5.74) is 0.992. The molecule has 1 aromatic carbocycles. The fourth-order valence-corrected chi connectivity index (χ4v) is 2.11.